The van der Waals surface area contributed by atoms with Crippen molar-refractivity contribution in [2.24, 2.45) is 5.41 Å². The highest BCUT2D eigenvalue weighted by Gasteiger charge is 2.32. The molecular formula is C29H30F2O3. The van der Waals surface area contributed by atoms with Crippen LogP contribution >= 0.6 is 0 Å². The summed E-state index contributed by atoms with van der Waals surface area (Å²) >= 11 is 0. The van der Waals surface area contributed by atoms with Crippen molar-refractivity contribution in [3.8, 4) is 0 Å². The Morgan fingerprint density at radius 2 is 1.65 bits per heavy atom. The number of cyclic esters (lactones) is 1. The van der Waals surface area contributed by atoms with Crippen LogP contribution in [0.3, 0.4) is 0 Å². The van der Waals surface area contributed by atoms with Crippen LogP contribution in [-0.4, -0.2) is 23.3 Å². The third kappa shape index (κ3) is 5.05. The molecule has 1 aliphatic carbocycles. The molecule has 2 aliphatic rings. The molecule has 2 atom stereocenters. The van der Waals surface area contributed by atoms with Crippen LogP contribution in [0.25, 0.3) is 11.1 Å². The molecule has 1 aliphatic heterocycles. The van der Waals surface area contributed by atoms with E-state index in [-0.39, 0.29) is 23.5 Å². The Balaban J connectivity index is 1.84. The molecule has 1 fully saturated rings. The SMILES string of the molecule is Cc1cc(C2=CC(c3ccc(F)c(C)c3)=C(C=CC3CC(O)CC(=O)O3)C(C)(C)C2)ccc1F. The van der Waals surface area contributed by atoms with Crippen molar-refractivity contribution in [1.82, 2.24) is 0 Å². The second kappa shape index (κ2) is 9.30. The molecule has 3 nitrogen and oxygen atoms in total. The summed E-state index contributed by atoms with van der Waals surface area (Å²) < 4.78 is 33.4. The van der Waals surface area contributed by atoms with Crippen LogP contribution in [0.4, 0.5) is 8.78 Å². The number of carbonyl (C=O) groups is 1. The minimum Gasteiger partial charge on any atom is -0.458 e. The van der Waals surface area contributed by atoms with Crippen LogP contribution in [0.2, 0.25) is 0 Å². The first-order valence-electron chi connectivity index (χ1n) is 11.6. The third-order valence-corrected chi connectivity index (χ3v) is 6.63. The van der Waals surface area contributed by atoms with Crippen LogP contribution in [0, 0.1) is 30.9 Å². The van der Waals surface area contributed by atoms with E-state index in [4.69, 9.17) is 4.74 Å². The summed E-state index contributed by atoms with van der Waals surface area (Å²) in [4.78, 5) is 11.8. The van der Waals surface area contributed by atoms with Gasteiger partial charge in [-0.15, -0.1) is 0 Å². The first-order chi connectivity index (χ1) is 16.0. The fraction of sp³-hybridized carbons (Fsp3) is 0.345. The number of carbonyl (C=O) groups excluding carboxylic acids is 1. The van der Waals surface area contributed by atoms with E-state index in [9.17, 15) is 18.7 Å². The highest BCUT2D eigenvalue weighted by Crippen LogP contribution is 2.47. The zero-order valence-electron chi connectivity index (χ0n) is 20.0. The fourth-order valence-corrected chi connectivity index (χ4v) is 4.77. The van der Waals surface area contributed by atoms with Gasteiger partial charge in [0.05, 0.1) is 12.5 Å². The minimum absolute atomic E-state index is 0.0157. The predicted octanol–water partition coefficient (Wildman–Crippen LogP) is 6.47. The van der Waals surface area contributed by atoms with Gasteiger partial charge in [-0.25, -0.2) is 8.78 Å². The van der Waals surface area contributed by atoms with Gasteiger partial charge in [-0.1, -0.05) is 38.1 Å². The predicted molar refractivity (Wildman–Crippen MR) is 130 cm³/mol. The van der Waals surface area contributed by atoms with Gasteiger partial charge in [0, 0.05) is 6.42 Å². The topological polar surface area (TPSA) is 46.5 Å². The lowest BCUT2D eigenvalue weighted by molar-refractivity contribution is -0.156. The number of benzene rings is 2. The highest BCUT2D eigenvalue weighted by atomic mass is 19.1. The Labute approximate surface area is 199 Å². The van der Waals surface area contributed by atoms with Crippen molar-refractivity contribution >= 4 is 17.1 Å². The number of rotatable bonds is 4. The zero-order valence-corrected chi connectivity index (χ0v) is 20.0. The van der Waals surface area contributed by atoms with Gasteiger partial charge < -0.3 is 9.84 Å². The summed E-state index contributed by atoms with van der Waals surface area (Å²) in [5, 5.41) is 9.96. The van der Waals surface area contributed by atoms with Gasteiger partial charge in [0.25, 0.3) is 0 Å². The monoisotopic (exact) mass is 464 g/mol. The largest absolute Gasteiger partial charge is 0.458 e. The van der Waals surface area contributed by atoms with Crippen molar-refractivity contribution in [1.29, 1.82) is 0 Å². The maximum Gasteiger partial charge on any atom is 0.309 e. The normalized spacial score (nSPS) is 22.7. The van der Waals surface area contributed by atoms with E-state index < -0.39 is 18.2 Å². The molecule has 2 aromatic rings. The molecule has 0 aromatic heterocycles. The van der Waals surface area contributed by atoms with E-state index >= 15 is 0 Å². The first-order valence-corrected chi connectivity index (χ1v) is 11.6. The molecule has 0 amide bonds. The molecule has 2 unspecified atom stereocenters. The number of aryl methyl sites for hydroxylation is 2. The molecule has 0 radical (unpaired) electrons. The van der Waals surface area contributed by atoms with Crippen LogP contribution in [0.1, 0.15) is 55.4 Å². The smallest absolute Gasteiger partial charge is 0.309 e. The molecule has 2 aromatic carbocycles. The van der Waals surface area contributed by atoms with Gasteiger partial charge in [-0.2, -0.15) is 0 Å². The van der Waals surface area contributed by atoms with Crippen LogP contribution in [0.15, 0.2) is 60.2 Å². The number of halogens is 2. The molecule has 4 rings (SSSR count). The summed E-state index contributed by atoms with van der Waals surface area (Å²) in [7, 11) is 0. The summed E-state index contributed by atoms with van der Waals surface area (Å²) in [5.41, 5.74) is 5.70. The van der Waals surface area contributed by atoms with Crippen LogP contribution < -0.4 is 0 Å². The number of ether oxygens (including phenoxy) is 1. The number of aliphatic hydroxyl groups excluding tert-OH is 1. The van der Waals surface area contributed by atoms with E-state index in [0.717, 1.165) is 27.8 Å². The summed E-state index contributed by atoms with van der Waals surface area (Å²) in [5.74, 6) is -0.913. The van der Waals surface area contributed by atoms with E-state index in [1.807, 2.05) is 24.3 Å². The van der Waals surface area contributed by atoms with Crippen molar-refractivity contribution in [3.05, 3.63) is 94.1 Å². The van der Waals surface area contributed by atoms with Crippen molar-refractivity contribution < 1.29 is 23.4 Å². The molecule has 0 bridgehead atoms. The molecule has 0 saturated carbocycles. The number of allylic oxidation sites excluding steroid dienone is 5. The minimum atomic E-state index is -0.711. The fourth-order valence-electron chi connectivity index (χ4n) is 4.77. The van der Waals surface area contributed by atoms with Crippen molar-refractivity contribution in [3.63, 3.8) is 0 Å². The van der Waals surface area contributed by atoms with E-state index in [1.54, 1.807) is 26.0 Å². The number of aliphatic hydroxyl groups is 1. The second-order valence-electron chi connectivity index (χ2n) is 9.97. The highest BCUT2D eigenvalue weighted by molar-refractivity contribution is 5.90. The number of esters is 1. The average molecular weight is 465 g/mol. The third-order valence-electron chi connectivity index (χ3n) is 6.63. The van der Waals surface area contributed by atoms with Crippen molar-refractivity contribution in [2.75, 3.05) is 0 Å². The van der Waals surface area contributed by atoms with Gasteiger partial charge in [0.1, 0.15) is 17.7 Å². The summed E-state index contributed by atoms with van der Waals surface area (Å²) in [6.45, 7) is 7.75. The van der Waals surface area contributed by atoms with E-state index in [2.05, 4.69) is 19.9 Å². The molecule has 178 valence electrons. The molecule has 34 heavy (non-hydrogen) atoms. The number of hydrogen-bond donors (Lipinski definition) is 1. The van der Waals surface area contributed by atoms with E-state index in [0.29, 0.717) is 24.0 Å². The van der Waals surface area contributed by atoms with Gasteiger partial charge in [-0.05, 0) is 95.0 Å². The maximum absolute atomic E-state index is 14.1. The Hall–Kier alpha value is -3.05. The van der Waals surface area contributed by atoms with Crippen molar-refractivity contribution in [2.45, 2.75) is 59.2 Å². The molecule has 1 saturated heterocycles. The maximum atomic E-state index is 14.1. The lowest BCUT2D eigenvalue weighted by Gasteiger charge is -2.35. The standard InChI is InChI=1S/C29H30F2O3/c1-17-11-19(5-9-26(17)30)21-13-24(20-6-10-27(31)18(2)12-20)25(29(3,4)16-21)8-7-23-14-22(32)15-28(33)34-23/h5-13,22-23,32H,14-16H2,1-4H3. The van der Waals surface area contributed by atoms with Gasteiger partial charge in [0.15, 0.2) is 0 Å². The molecule has 1 heterocycles. The van der Waals surface area contributed by atoms with Gasteiger partial charge in [0.2, 0.25) is 0 Å². The molecule has 1 N–H and O–H groups in total. The molecule has 5 heteroatoms. The molecular weight excluding hydrogens is 434 g/mol. The first kappa shape index (κ1) is 24.1. The Kier molecular flexibility index (Phi) is 6.59. The van der Waals surface area contributed by atoms with Gasteiger partial charge >= 0.3 is 5.97 Å². The quantitative estimate of drug-likeness (QED) is 0.528. The lowest BCUT2D eigenvalue weighted by Crippen LogP contribution is -2.31. The Morgan fingerprint density at radius 1 is 1.03 bits per heavy atom. The lowest BCUT2D eigenvalue weighted by atomic mass is 9.70. The number of hydrogen-bond acceptors (Lipinski definition) is 3. The Bertz CT molecular complexity index is 1220. The Morgan fingerprint density at radius 3 is 2.26 bits per heavy atom. The van der Waals surface area contributed by atoms with E-state index in [1.165, 1.54) is 12.1 Å². The average Bonchev–Trinajstić information content (AvgIpc) is 2.75. The molecule has 0 spiro atoms. The second-order valence-corrected chi connectivity index (χ2v) is 9.97. The van der Waals surface area contributed by atoms with Crippen LogP contribution in [0.5, 0.6) is 0 Å². The summed E-state index contributed by atoms with van der Waals surface area (Å²) in [6.07, 6.45) is 5.76. The van der Waals surface area contributed by atoms with Crippen LogP contribution in [-0.2, 0) is 9.53 Å². The summed E-state index contributed by atoms with van der Waals surface area (Å²) in [6, 6.07) is 10.2. The zero-order chi connectivity index (χ0) is 24.6. The van der Waals surface area contributed by atoms with Gasteiger partial charge in [-0.3, -0.25) is 4.79 Å².